The van der Waals surface area contributed by atoms with E-state index in [4.69, 9.17) is 4.98 Å². The van der Waals surface area contributed by atoms with Crippen molar-refractivity contribution >= 4 is 28.4 Å². The molecular weight excluding hydrogens is 373 g/mol. The number of carbonyl (C=O) groups excluding carboxylic acids is 1. The van der Waals surface area contributed by atoms with Crippen LogP contribution >= 0.6 is 0 Å². The summed E-state index contributed by atoms with van der Waals surface area (Å²) in [6.45, 7) is 0.566. The maximum atomic E-state index is 10.7. The molecule has 8 heteroatoms. The van der Waals surface area contributed by atoms with Crippen LogP contribution in [0.15, 0.2) is 72.9 Å². The normalized spacial score (nSPS) is 10.4. The van der Waals surface area contributed by atoms with Crippen molar-refractivity contribution in [2.75, 3.05) is 0 Å². The molecule has 3 aromatic heterocycles. The zero-order valence-electron chi connectivity index (χ0n) is 16.2. The molecule has 0 bridgehead atoms. The van der Waals surface area contributed by atoms with Gasteiger partial charge in [0.1, 0.15) is 5.52 Å². The summed E-state index contributed by atoms with van der Waals surface area (Å²) in [6.07, 6.45) is 3.67. The van der Waals surface area contributed by atoms with Crippen LogP contribution in [0.2, 0.25) is 0 Å². The molecule has 5 rings (SSSR count). The van der Waals surface area contributed by atoms with Gasteiger partial charge in [-0.25, -0.2) is 9.67 Å². The molecule has 0 unspecified atom stereocenters. The summed E-state index contributed by atoms with van der Waals surface area (Å²) in [5.74, 6) is 0. The van der Waals surface area contributed by atoms with Crippen molar-refractivity contribution in [3.05, 3.63) is 84.1 Å². The van der Waals surface area contributed by atoms with E-state index in [9.17, 15) is 4.79 Å². The van der Waals surface area contributed by atoms with Gasteiger partial charge >= 0.3 is 18.9 Å². The number of aromatic nitrogens is 5. The number of nitrogens with zero attached hydrogens (tertiary/aromatic N) is 5. The van der Waals surface area contributed by atoms with Crippen molar-refractivity contribution in [2.45, 2.75) is 6.54 Å². The van der Waals surface area contributed by atoms with Crippen LogP contribution in [0.4, 0.5) is 0 Å². The number of hydrogen-bond acceptors (Lipinski definition) is 6. The number of hydrogen-bond donors (Lipinski definition) is 0. The number of benzene rings is 2. The maximum Gasteiger partial charge on any atom is 1.00 e. The smallest absolute Gasteiger partial charge is 0.870 e. The average molecular weight is 388 g/mol. The summed E-state index contributed by atoms with van der Waals surface area (Å²) in [5.41, 5.74) is 5.76. The number of pyridine rings is 2. The second kappa shape index (κ2) is 8.97. The Hall–Kier alpha value is -3.37. The summed E-state index contributed by atoms with van der Waals surface area (Å²) in [6, 6.07) is 21.1. The second-order valence-corrected chi connectivity index (χ2v) is 6.50. The molecule has 2 aromatic carbocycles. The summed E-state index contributed by atoms with van der Waals surface area (Å²) >= 11 is 0. The average Bonchev–Trinajstić information content (AvgIpc) is 3.16. The van der Waals surface area contributed by atoms with Gasteiger partial charge in [-0.1, -0.05) is 17.3 Å². The van der Waals surface area contributed by atoms with E-state index in [0.29, 0.717) is 12.1 Å². The molecule has 0 aliphatic heterocycles. The molecule has 1 N–H and O–H groups in total. The first-order valence-corrected chi connectivity index (χ1v) is 8.83. The molecule has 0 saturated heterocycles. The van der Waals surface area contributed by atoms with Gasteiger partial charge in [-0.15, -0.1) is 17.2 Å². The summed E-state index contributed by atoms with van der Waals surface area (Å²) in [5, 5.41) is 9.58. The second-order valence-electron chi connectivity index (χ2n) is 6.50. The van der Waals surface area contributed by atoms with Crippen LogP contribution in [0.1, 0.15) is 11.1 Å². The molecule has 5 aromatic rings. The van der Waals surface area contributed by atoms with Gasteiger partial charge in [0.2, 0.25) is 0 Å². The Balaban J connectivity index is 0.00000128. The Kier molecular flexibility index (Phi) is 6.38. The molecule has 0 aliphatic rings. The van der Waals surface area contributed by atoms with Gasteiger partial charge in [0.25, 0.3) is 0 Å². The number of rotatable bonds is 4. The Bertz CT molecular complexity index is 1320. The van der Waals surface area contributed by atoms with Crippen LogP contribution in [-0.2, 0) is 11.3 Å². The van der Waals surface area contributed by atoms with E-state index in [1.807, 2.05) is 54.8 Å². The minimum absolute atomic E-state index is 0. The molecule has 30 heavy (non-hydrogen) atoms. The molecule has 0 amide bonds. The van der Waals surface area contributed by atoms with E-state index in [0.717, 1.165) is 38.9 Å². The first kappa shape index (κ1) is 21.3. The fraction of sp³-hybridized carbons (Fsp3) is 0.0455. The quantitative estimate of drug-likeness (QED) is 0.326. The van der Waals surface area contributed by atoms with Crippen LogP contribution in [0.25, 0.3) is 33.3 Å². The van der Waals surface area contributed by atoms with Crippen molar-refractivity contribution in [1.82, 2.24) is 25.0 Å². The van der Waals surface area contributed by atoms with Crippen LogP contribution < -0.4 is 18.9 Å². The molecule has 142 valence electrons. The third kappa shape index (κ3) is 4.00. The van der Waals surface area contributed by atoms with E-state index < -0.39 is 0 Å². The minimum atomic E-state index is 0. The van der Waals surface area contributed by atoms with Crippen molar-refractivity contribution in [3.8, 4) is 11.3 Å². The number of fused-ring (bicyclic) bond motifs is 2. The fourth-order valence-corrected chi connectivity index (χ4v) is 3.23. The van der Waals surface area contributed by atoms with Crippen LogP contribution in [-0.4, -0.2) is 36.7 Å². The molecule has 0 radical (unpaired) electrons. The monoisotopic (exact) mass is 388 g/mol. The van der Waals surface area contributed by atoms with E-state index in [2.05, 4.69) is 21.4 Å². The van der Waals surface area contributed by atoms with Crippen LogP contribution in [0.3, 0.4) is 0 Å². The standard InChI is InChI=1S/C22H14N5O.Li.H2O/c28-14-15-3-6-17(7-4-15)20-9-10-21-22(24-20)27(26-25-21)13-16-5-8-19-18(12-16)2-1-11-23-19;;/h1-12H,13H2;;1H2/q-1;+1;/p-1. The predicted molar refractivity (Wildman–Crippen MR) is 108 cm³/mol. The predicted octanol–water partition coefficient (Wildman–Crippen LogP) is 0.375. The molecule has 0 atom stereocenters. The van der Waals surface area contributed by atoms with Crippen LogP contribution in [0, 0.1) is 0 Å². The van der Waals surface area contributed by atoms with Crippen molar-refractivity contribution in [1.29, 1.82) is 0 Å². The van der Waals surface area contributed by atoms with Crippen molar-refractivity contribution in [2.24, 2.45) is 0 Å². The third-order valence-electron chi connectivity index (χ3n) is 4.66. The zero-order chi connectivity index (χ0) is 18.9. The Morgan fingerprint density at radius 2 is 1.73 bits per heavy atom. The Morgan fingerprint density at radius 3 is 2.53 bits per heavy atom. The van der Waals surface area contributed by atoms with E-state index in [-0.39, 0.29) is 24.3 Å². The Labute approximate surface area is 184 Å². The summed E-state index contributed by atoms with van der Waals surface area (Å²) in [4.78, 5) is 19.8. The van der Waals surface area contributed by atoms with Crippen molar-refractivity contribution < 1.29 is 29.1 Å². The van der Waals surface area contributed by atoms with Gasteiger partial charge < -0.3 is 10.3 Å². The zero-order valence-corrected chi connectivity index (χ0v) is 16.2. The molecule has 3 heterocycles. The third-order valence-corrected chi connectivity index (χ3v) is 4.66. The van der Waals surface area contributed by atoms with Gasteiger partial charge in [-0.2, -0.15) is 17.7 Å². The molecular formula is C22H15LiN5O2-. The van der Waals surface area contributed by atoms with Gasteiger partial charge in [0, 0.05) is 11.6 Å². The summed E-state index contributed by atoms with van der Waals surface area (Å²) < 4.78 is 1.80. The van der Waals surface area contributed by atoms with E-state index >= 15 is 0 Å². The fourth-order valence-electron chi connectivity index (χ4n) is 3.23. The van der Waals surface area contributed by atoms with Gasteiger partial charge in [0.15, 0.2) is 5.65 Å². The van der Waals surface area contributed by atoms with Gasteiger partial charge in [-0.05, 0) is 41.5 Å². The molecule has 0 spiro atoms. The molecule has 0 saturated carbocycles. The summed E-state index contributed by atoms with van der Waals surface area (Å²) in [7, 11) is 0. The minimum Gasteiger partial charge on any atom is -0.870 e. The van der Waals surface area contributed by atoms with Crippen LogP contribution in [0.5, 0.6) is 0 Å². The van der Waals surface area contributed by atoms with E-state index in [1.165, 1.54) is 0 Å². The van der Waals surface area contributed by atoms with Gasteiger partial charge in [0.05, 0.1) is 24.0 Å². The topological polar surface area (TPSA) is 104 Å². The Morgan fingerprint density at radius 1 is 0.933 bits per heavy atom. The van der Waals surface area contributed by atoms with Crippen molar-refractivity contribution in [3.63, 3.8) is 0 Å². The van der Waals surface area contributed by atoms with E-state index in [1.54, 1.807) is 23.0 Å². The van der Waals surface area contributed by atoms with Gasteiger partial charge in [-0.3, -0.25) is 4.98 Å². The molecule has 7 nitrogen and oxygen atoms in total. The molecule has 0 fully saturated rings. The first-order valence-electron chi connectivity index (χ1n) is 8.83. The maximum absolute atomic E-state index is 10.7. The molecule has 0 aliphatic carbocycles. The SMILES string of the molecule is O=[C-]c1ccc(-c2ccc3nnn(Cc4ccc5ncccc5c4)c3n2)cc1.[Li+].[OH-]. The largest absolute Gasteiger partial charge is 1.00 e. The first-order chi connectivity index (χ1) is 13.8.